The number of aldehydes is 1. The van der Waals surface area contributed by atoms with Crippen molar-refractivity contribution >= 4 is 12.0 Å². The van der Waals surface area contributed by atoms with Gasteiger partial charge in [0.2, 0.25) is 5.95 Å². The Labute approximate surface area is 56.7 Å². The van der Waals surface area contributed by atoms with E-state index in [4.69, 9.17) is 5.73 Å². The topological polar surface area (TPSA) is 56.0 Å². The standard InChI is InChI=1S/C6H5FN2O/c7-6-2-4(8)1-5(3-10)9-6/h1-3H,(H2,8,9). The lowest BCUT2D eigenvalue weighted by Crippen LogP contribution is -1.94. The molecule has 0 atom stereocenters. The first kappa shape index (κ1) is 6.67. The van der Waals surface area contributed by atoms with E-state index in [1.807, 2.05) is 0 Å². The lowest BCUT2D eigenvalue weighted by Gasteiger charge is -1.92. The van der Waals surface area contributed by atoms with Gasteiger partial charge in [-0.2, -0.15) is 4.39 Å². The average molecular weight is 140 g/mol. The number of nitrogen functional groups attached to an aromatic ring is 1. The van der Waals surface area contributed by atoms with Crippen molar-refractivity contribution in [1.82, 2.24) is 4.98 Å². The molecule has 0 amide bonds. The Hall–Kier alpha value is -1.45. The van der Waals surface area contributed by atoms with Gasteiger partial charge in [0.05, 0.1) is 0 Å². The van der Waals surface area contributed by atoms with Gasteiger partial charge in [-0.3, -0.25) is 4.79 Å². The average Bonchev–Trinajstić information content (AvgIpc) is 1.85. The fourth-order valence-corrected chi connectivity index (χ4v) is 0.598. The second kappa shape index (κ2) is 2.43. The van der Waals surface area contributed by atoms with E-state index in [2.05, 4.69) is 4.98 Å². The van der Waals surface area contributed by atoms with Crippen LogP contribution in [0.5, 0.6) is 0 Å². The van der Waals surface area contributed by atoms with E-state index in [0.29, 0.717) is 6.29 Å². The molecule has 0 spiro atoms. The van der Waals surface area contributed by atoms with Crippen LogP contribution in [-0.4, -0.2) is 11.3 Å². The van der Waals surface area contributed by atoms with Crippen LogP contribution >= 0.6 is 0 Å². The highest BCUT2D eigenvalue weighted by Gasteiger charge is 1.96. The lowest BCUT2D eigenvalue weighted by molar-refractivity contribution is 0.111. The van der Waals surface area contributed by atoms with E-state index in [1.165, 1.54) is 6.07 Å². The summed E-state index contributed by atoms with van der Waals surface area (Å²) in [6.07, 6.45) is 0.444. The van der Waals surface area contributed by atoms with Gasteiger partial charge in [0.25, 0.3) is 0 Å². The van der Waals surface area contributed by atoms with E-state index in [0.717, 1.165) is 6.07 Å². The molecular weight excluding hydrogens is 135 g/mol. The number of nitrogens with two attached hydrogens (primary N) is 1. The minimum atomic E-state index is -0.734. The van der Waals surface area contributed by atoms with Crippen LogP contribution in [0.1, 0.15) is 10.5 Å². The van der Waals surface area contributed by atoms with Crippen molar-refractivity contribution in [3.05, 3.63) is 23.8 Å². The number of carbonyl (C=O) groups is 1. The van der Waals surface area contributed by atoms with Gasteiger partial charge in [-0.25, -0.2) is 4.98 Å². The number of anilines is 1. The number of halogens is 1. The fraction of sp³-hybridized carbons (Fsp3) is 0. The van der Waals surface area contributed by atoms with Crippen LogP contribution in [0.15, 0.2) is 12.1 Å². The maximum atomic E-state index is 12.3. The highest BCUT2D eigenvalue weighted by atomic mass is 19.1. The summed E-state index contributed by atoms with van der Waals surface area (Å²) in [5, 5.41) is 0. The van der Waals surface area contributed by atoms with Crippen LogP contribution in [0.25, 0.3) is 0 Å². The van der Waals surface area contributed by atoms with Gasteiger partial charge in [0, 0.05) is 11.8 Å². The Morgan fingerprint density at radius 1 is 1.60 bits per heavy atom. The van der Waals surface area contributed by atoms with Gasteiger partial charge < -0.3 is 5.73 Å². The summed E-state index contributed by atoms with van der Waals surface area (Å²) in [6, 6.07) is 2.35. The molecule has 0 saturated carbocycles. The van der Waals surface area contributed by atoms with E-state index in [1.54, 1.807) is 0 Å². The first-order chi connectivity index (χ1) is 4.72. The Bertz CT molecular complexity index is 242. The van der Waals surface area contributed by atoms with Gasteiger partial charge in [-0.15, -0.1) is 0 Å². The number of rotatable bonds is 1. The molecule has 52 valence electrons. The summed E-state index contributed by atoms with van der Waals surface area (Å²) in [6.45, 7) is 0. The summed E-state index contributed by atoms with van der Waals surface area (Å²) in [4.78, 5) is 13.3. The second-order valence-corrected chi connectivity index (χ2v) is 1.77. The minimum absolute atomic E-state index is 0.0116. The van der Waals surface area contributed by atoms with Crippen molar-refractivity contribution in [2.75, 3.05) is 5.73 Å². The third kappa shape index (κ3) is 1.28. The van der Waals surface area contributed by atoms with Crippen molar-refractivity contribution in [1.29, 1.82) is 0 Å². The highest BCUT2D eigenvalue weighted by molar-refractivity contribution is 5.73. The molecule has 2 N–H and O–H groups in total. The molecule has 0 radical (unpaired) electrons. The fourth-order valence-electron chi connectivity index (χ4n) is 0.598. The normalized spacial score (nSPS) is 9.30. The van der Waals surface area contributed by atoms with Crippen molar-refractivity contribution in [3.63, 3.8) is 0 Å². The van der Waals surface area contributed by atoms with E-state index in [-0.39, 0.29) is 11.4 Å². The van der Waals surface area contributed by atoms with Crippen molar-refractivity contribution in [2.24, 2.45) is 0 Å². The van der Waals surface area contributed by atoms with Gasteiger partial charge in [0.1, 0.15) is 5.69 Å². The van der Waals surface area contributed by atoms with Crippen LogP contribution in [0.2, 0.25) is 0 Å². The molecule has 1 aromatic rings. The Balaban J connectivity index is 3.18. The Morgan fingerprint density at radius 2 is 2.30 bits per heavy atom. The molecule has 3 nitrogen and oxygen atoms in total. The van der Waals surface area contributed by atoms with Gasteiger partial charge >= 0.3 is 0 Å². The molecule has 0 aliphatic heterocycles. The summed E-state index contributed by atoms with van der Waals surface area (Å²) < 4.78 is 12.3. The van der Waals surface area contributed by atoms with E-state index < -0.39 is 5.95 Å². The zero-order valence-corrected chi connectivity index (χ0v) is 5.04. The maximum absolute atomic E-state index is 12.3. The van der Waals surface area contributed by atoms with Crippen LogP contribution in [0.3, 0.4) is 0 Å². The number of carbonyl (C=O) groups excluding carboxylic acids is 1. The summed E-state index contributed by atoms with van der Waals surface area (Å²) in [5.41, 5.74) is 5.41. The molecule has 10 heavy (non-hydrogen) atoms. The molecule has 0 fully saturated rings. The van der Waals surface area contributed by atoms with Gasteiger partial charge in [-0.1, -0.05) is 0 Å². The number of aromatic nitrogens is 1. The first-order valence-electron chi connectivity index (χ1n) is 2.60. The minimum Gasteiger partial charge on any atom is -0.399 e. The Morgan fingerprint density at radius 3 is 2.80 bits per heavy atom. The molecule has 1 heterocycles. The van der Waals surface area contributed by atoms with E-state index >= 15 is 0 Å². The van der Waals surface area contributed by atoms with E-state index in [9.17, 15) is 9.18 Å². The predicted molar refractivity (Wildman–Crippen MR) is 34.0 cm³/mol. The predicted octanol–water partition coefficient (Wildman–Crippen LogP) is 0.615. The van der Waals surface area contributed by atoms with Crippen LogP contribution in [-0.2, 0) is 0 Å². The molecule has 0 aliphatic carbocycles. The summed E-state index contributed by atoms with van der Waals surface area (Å²) >= 11 is 0. The van der Waals surface area contributed by atoms with Crippen molar-refractivity contribution in [2.45, 2.75) is 0 Å². The molecule has 1 rings (SSSR count). The lowest BCUT2D eigenvalue weighted by atomic mass is 10.3. The number of nitrogens with zero attached hydrogens (tertiary/aromatic N) is 1. The third-order valence-corrected chi connectivity index (χ3v) is 0.957. The number of hydrogen-bond donors (Lipinski definition) is 1. The second-order valence-electron chi connectivity index (χ2n) is 1.77. The van der Waals surface area contributed by atoms with Gasteiger partial charge in [0.15, 0.2) is 6.29 Å². The largest absolute Gasteiger partial charge is 0.399 e. The van der Waals surface area contributed by atoms with Crippen LogP contribution < -0.4 is 5.73 Å². The Kier molecular flexibility index (Phi) is 1.62. The van der Waals surface area contributed by atoms with Crippen LogP contribution in [0, 0.1) is 5.95 Å². The monoisotopic (exact) mass is 140 g/mol. The van der Waals surface area contributed by atoms with Crippen LogP contribution in [0.4, 0.5) is 10.1 Å². The highest BCUT2D eigenvalue weighted by Crippen LogP contribution is 2.03. The van der Waals surface area contributed by atoms with Crippen molar-refractivity contribution < 1.29 is 9.18 Å². The zero-order chi connectivity index (χ0) is 7.56. The zero-order valence-electron chi connectivity index (χ0n) is 5.04. The smallest absolute Gasteiger partial charge is 0.215 e. The summed E-state index contributed by atoms with van der Waals surface area (Å²) in [7, 11) is 0. The quantitative estimate of drug-likeness (QED) is 0.459. The van der Waals surface area contributed by atoms with Gasteiger partial charge in [-0.05, 0) is 6.07 Å². The molecule has 0 aromatic carbocycles. The maximum Gasteiger partial charge on any atom is 0.215 e. The van der Waals surface area contributed by atoms with Crippen molar-refractivity contribution in [3.8, 4) is 0 Å². The number of hydrogen-bond acceptors (Lipinski definition) is 3. The summed E-state index contributed by atoms with van der Waals surface area (Å²) in [5.74, 6) is -0.734. The molecular formula is C6H5FN2O. The molecule has 0 bridgehead atoms. The number of pyridine rings is 1. The molecule has 4 heteroatoms. The SMILES string of the molecule is Nc1cc(F)nc(C=O)c1. The molecule has 0 unspecified atom stereocenters. The molecule has 0 aliphatic rings. The first-order valence-corrected chi connectivity index (χ1v) is 2.60. The molecule has 0 saturated heterocycles. The molecule has 1 aromatic heterocycles. The third-order valence-electron chi connectivity index (χ3n) is 0.957.